The number of rotatable bonds is 4. The number of nitrogens with zero attached hydrogens (tertiary/aromatic N) is 2. The highest BCUT2D eigenvalue weighted by molar-refractivity contribution is 6.08. The summed E-state index contributed by atoms with van der Waals surface area (Å²) in [4.78, 5) is 17.2. The Morgan fingerprint density at radius 1 is 0.700 bits per heavy atom. The van der Waals surface area contributed by atoms with Gasteiger partial charge in [0.25, 0.3) is 0 Å². The Hall–Kier alpha value is -3.17. The van der Waals surface area contributed by atoms with E-state index in [0.717, 1.165) is 38.3 Å². The third-order valence-corrected chi connectivity index (χ3v) is 6.17. The lowest BCUT2D eigenvalue weighted by molar-refractivity contribution is -0.132. The van der Waals surface area contributed by atoms with Crippen molar-refractivity contribution in [1.82, 2.24) is 9.80 Å². The third-order valence-electron chi connectivity index (χ3n) is 6.17. The van der Waals surface area contributed by atoms with Crippen molar-refractivity contribution in [3.8, 4) is 0 Å². The fraction of sp³-hybridized carbons (Fsp3) is 0.222. The molecule has 1 saturated heterocycles. The van der Waals surface area contributed by atoms with Crippen LogP contribution >= 0.6 is 0 Å². The SMILES string of the molecule is O=C(Cc1ccccc1)N1CCN(Cc2cc3ccccc3c3ccccc23)CC1. The maximum Gasteiger partial charge on any atom is 0.227 e. The summed E-state index contributed by atoms with van der Waals surface area (Å²) in [6.07, 6.45) is 0.496. The Bertz CT molecular complexity index is 1180. The molecule has 0 saturated carbocycles. The maximum absolute atomic E-state index is 12.7. The molecule has 0 bridgehead atoms. The smallest absolute Gasteiger partial charge is 0.227 e. The Morgan fingerprint density at radius 2 is 1.33 bits per heavy atom. The van der Waals surface area contributed by atoms with Gasteiger partial charge in [-0.3, -0.25) is 9.69 Å². The van der Waals surface area contributed by atoms with Crippen molar-refractivity contribution in [2.24, 2.45) is 0 Å². The summed E-state index contributed by atoms with van der Waals surface area (Å²) in [5.74, 6) is 0.233. The van der Waals surface area contributed by atoms with Gasteiger partial charge < -0.3 is 4.90 Å². The molecule has 1 fully saturated rings. The zero-order valence-corrected chi connectivity index (χ0v) is 17.1. The molecular weight excluding hydrogens is 368 g/mol. The van der Waals surface area contributed by atoms with E-state index >= 15 is 0 Å². The number of benzene rings is 4. The first-order chi connectivity index (χ1) is 14.8. The number of hydrogen-bond acceptors (Lipinski definition) is 2. The maximum atomic E-state index is 12.7. The van der Waals surface area contributed by atoms with Gasteiger partial charge >= 0.3 is 0 Å². The molecule has 150 valence electrons. The Kier molecular flexibility index (Phi) is 5.20. The first kappa shape index (κ1) is 18.8. The molecule has 0 radical (unpaired) electrons. The fourth-order valence-corrected chi connectivity index (χ4v) is 4.54. The summed E-state index contributed by atoms with van der Waals surface area (Å²) >= 11 is 0. The van der Waals surface area contributed by atoms with E-state index in [1.165, 1.54) is 27.1 Å². The van der Waals surface area contributed by atoms with Crippen molar-refractivity contribution < 1.29 is 4.79 Å². The minimum atomic E-state index is 0.233. The van der Waals surface area contributed by atoms with Crippen molar-refractivity contribution in [3.05, 3.63) is 96.1 Å². The summed E-state index contributed by atoms with van der Waals surface area (Å²) in [7, 11) is 0. The van der Waals surface area contributed by atoms with Gasteiger partial charge in [-0.1, -0.05) is 78.9 Å². The Labute approximate surface area is 177 Å². The number of amides is 1. The van der Waals surface area contributed by atoms with Crippen LogP contribution in [0.1, 0.15) is 11.1 Å². The molecular formula is C27H26N2O. The molecule has 0 N–H and O–H groups in total. The van der Waals surface area contributed by atoms with Crippen LogP contribution in [0.3, 0.4) is 0 Å². The lowest BCUT2D eigenvalue weighted by Crippen LogP contribution is -2.48. The summed E-state index contributed by atoms with van der Waals surface area (Å²) in [5.41, 5.74) is 2.46. The van der Waals surface area contributed by atoms with Crippen LogP contribution < -0.4 is 0 Å². The van der Waals surface area contributed by atoms with Gasteiger partial charge in [0.05, 0.1) is 6.42 Å². The van der Waals surface area contributed by atoms with E-state index in [1.54, 1.807) is 0 Å². The molecule has 5 rings (SSSR count). The molecule has 4 aromatic carbocycles. The molecule has 3 heteroatoms. The molecule has 0 atom stereocenters. The first-order valence-electron chi connectivity index (χ1n) is 10.7. The summed E-state index contributed by atoms with van der Waals surface area (Å²) in [6.45, 7) is 4.36. The van der Waals surface area contributed by atoms with Gasteiger partial charge in [0.1, 0.15) is 0 Å². The molecule has 1 amide bonds. The predicted molar refractivity (Wildman–Crippen MR) is 123 cm³/mol. The van der Waals surface area contributed by atoms with Gasteiger partial charge in [-0.25, -0.2) is 0 Å². The molecule has 0 aliphatic carbocycles. The second-order valence-corrected chi connectivity index (χ2v) is 8.12. The monoisotopic (exact) mass is 394 g/mol. The van der Waals surface area contributed by atoms with Crippen LogP contribution in [0, 0.1) is 0 Å². The first-order valence-corrected chi connectivity index (χ1v) is 10.7. The molecule has 30 heavy (non-hydrogen) atoms. The van der Waals surface area contributed by atoms with E-state index < -0.39 is 0 Å². The Morgan fingerprint density at radius 3 is 2.10 bits per heavy atom. The fourth-order valence-electron chi connectivity index (χ4n) is 4.54. The van der Waals surface area contributed by atoms with Crippen molar-refractivity contribution in [3.63, 3.8) is 0 Å². The van der Waals surface area contributed by atoms with Crippen molar-refractivity contribution >= 4 is 27.5 Å². The Balaban J connectivity index is 1.29. The van der Waals surface area contributed by atoms with Crippen LogP contribution in [0.2, 0.25) is 0 Å². The number of piperazine rings is 1. The highest BCUT2D eigenvalue weighted by Gasteiger charge is 2.21. The molecule has 0 aromatic heterocycles. The lowest BCUT2D eigenvalue weighted by atomic mass is 9.97. The van der Waals surface area contributed by atoms with Crippen LogP contribution in [0.15, 0.2) is 84.9 Å². The number of carbonyl (C=O) groups excluding carboxylic acids is 1. The second kappa shape index (κ2) is 8.29. The predicted octanol–water partition coefficient (Wildman–Crippen LogP) is 4.88. The van der Waals surface area contributed by atoms with Gasteiger partial charge in [-0.15, -0.1) is 0 Å². The minimum Gasteiger partial charge on any atom is -0.340 e. The van der Waals surface area contributed by atoms with E-state index in [1.807, 2.05) is 35.2 Å². The molecule has 4 aromatic rings. The molecule has 3 nitrogen and oxygen atoms in total. The third kappa shape index (κ3) is 3.81. The van der Waals surface area contributed by atoms with Crippen molar-refractivity contribution in [1.29, 1.82) is 0 Å². The summed E-state index contributed by atoms with van der Waals surface area (Å²) in [6, 6.07) is 29.7. The number of carbonyl (C=O) groups is 1. The topological polar surface area (TPSA) is 23.6 Å². The van der Waals surface area contributed by atoms with E-state index in [2.05, 4.69) is 59.5 Å². The molecule has 1 aliphatic heterocycles. The van der Waals surface area contributed by atoms with Crippen LogP contribution in [0.5, 0.6) is 0 Å². The van der Waals surface area contributed by atoms with E-state index in [0.29, 0.717) is 6.42 Å². The second-order valence-electron chi connectivity index (χ2n) is 8.12. The van der Waals surface area contributed by atoms with Gasteiger partial charge in [0.2, 0.25) is 5.91 Å². The van der Waals surface area contributed by atoms with Gasteiger partial charge in [0, 0.05) is 32.7 Å². The molecule has 0 unspecified atom stereocenters. The number of hydrogen-bond donors (Lipinski definition) is 0. The normalized spacial score (nSPS) is 15.0. The van der Waals surface area contributed by atoms with E-state index in [-0.39, 0.29) is 5.91 Å². The van der Waals surface area contributed by atoms with Gasteiger partial charge in [-0.05, 0) is 38.7 Å². The van der Waals surface area contributed by atoms with Gasteiger partial charge in [-0.2, -0.15) is 0 Å². The zero-order chi connectivity index (χ0) is 20.3. The van der Waals surface area contributed by atoms with Crippen LogP contribution in [-0.4, -0.2) is 41.9 Å². The molecule has 1 aliphatic rings. The standard InChI is InChI=1S/C27H26N2O/c30-27(18-21-8-2-1-3-9-21)29-16-14-28(15-17-29)20-23-19-22-10-4-5-11-24(22)26-13-7-6-12-25(23)26/h1-13,19H,14-18,20H2. The summed E-state index contributed by atoms with van der Waals surface area (Å²) in [5, 5.41) is 5.26. The van der Waals surface area contributed by atoms with Gasteiger partial charge in [0.15, 0.2) is 0 Å². The summed E-state index contributed by atoms with van der Waals surface area (Å²) < 4.78 is 0. The van der Waals surface area contributed by atoms with E-state index in [9.17, 15) is 4.79 Å². The molecule has 0 spiro atoms. The lowest BCUT2D eigenvalue weighted by Gasteiger charge is -2.35. The van der Waals surface area contributed by atoms with Crippen molar-refractivity contribution in [2.45, 2.75) is 13.0 Å². The molecule has 1 heterocycles. The van der Waals surface area contributed by atoms with Crippen LogP contribution in [-0.2, 0) is 17.8 Å². The van der Waals surface area contributed by atoms with Crippen LogP contribution in [0.25, 0.3) is 21.5 Å². The number of fused-ring (bicyclic) bond motifs is 3. The average molecular weight is 395 g/mol. The highest BCUT2D eigenvalue weighted by Crippen LogP contribution is 2.29. The zero-order valence-electron chi connectivity index (χ0n) is 17.1. The minimum absolute atomic E-state index is 0.233. The quantitative estimate of drug-likeness (QED) is 0.461. The van der Waals surface area contributed by atoms with Crippen molar-refractivity contribution in [2.75, 3.05) is 26.2 Å². The van der Waals surface area contributed by atoms with E-state index in [4.69, 9.17) is 0 Å². The average Bonchev–Trinajstić information content (AvgIpc) is 2.80. The largest absolute Gasteiger partial charge is 0.340 e. The van der Waals surface area contributed by atoms with Crippen LogP contribution in [0.4, 0.5) is 0 Å². The highest BCUT2D eigenvalue weighted by atomic mass is 16.2.